The van der Waals surface area contributed by atoms with Gasteiger partial charge in [0.15, 0.2) is 16.5 Å². The average molecular weight is 521 g/mol. The monoisotopic (exact) mass is 520 g/mol. The molecule has 3 heterocycles. The van der Waals surface area contributed by atoms with Crippen LogP contribution in [-0.2, 0) is 0 Å². The van der Waals surface area contributed by atoms with Gasteiger partial charge in [-0.25, -0.2) is 4.39 Å². The number of piperazine rings is 1. The maximum absolute atomic E-state index is 13.7. The van der Waals surface area contributed by atoms with E-state index in [1.807, 2.05) is 12.1 Å². The number of carbonyl (C=O) groups excluding carboxylic acids is 1. The number of hydrogen-bond donors (Lipinski definition) is 1. The molecule has 0 atom stereocenters. The fourth-order valence-electron chi connectivity index (χ4n) is 5.10. The summed E-state index contributed by atoms with van der Waals surface area (Å²) in [6.45, 7) is 4.70. The summed E-state index contributed by atoms with van der Waals surface area (Å²) in [4.78, 5) is 17.9. The largest absolute Gasteiger partial charge is 0.487 e. The van der Waals surface area contributed by atoms with E-state index >= 15 is 0 Å². The predicted molar refractivity (Wildman–Crippen MR) is 136 cm³/mol. The molecule has 2 aromatic heterocycles. The molecule has 2 fully saturated rings. The highest BCUT2D eigenvalue weighted by Gasteiger charge is 2.26. The SMILES string of the molecule is COc1ccc(C(=O)NC2CCC(CCN3CCN(c4noc5cc(F)c(Cl)cc45)CC3)CC2)s1. The number of nitrogens with zero attached hydrogens (tertiary/aromatic N) is 3. The first-order valence-corrected chi connectivity index (χ1v) is 13.4. The zero-order valence-corrected chi connectivity index (χ0v) is 21.3. The van der Waals surface area contributed by atoms with Crippen LogP contribution >= 0.6 is 22.9 Å². The molecule has 2 aliphatic rings. The second kappa shape index (κ2) is 10.7. The normalized spacial score (nSPS) is 21.4. The van der Waals surface area contributed by atoms with Gasteiger partial charge < -0.3 is 19.5 Å². The maximum atomic E-state index is 13.7. The van der Waals surface area contributed by atoms with Gasteiger partial charge in [0.2, 0.25) is 0 Å². The van der Waals surface area contributed by atoms with E-state index in [2.05, 4.69) is 20.3 Å². The Bertz CT molecular complexity index is 1170. The molecule has 0 spiro atoms. The van der Waals surface area contributed by atoms with Crippen LogP contribution in [0.1, 0.15) is 41.8 Å². The minimum atomic E-state index is -0.494. The molecular weight excluding hydrogens is 491 g/mol. The Hall–Kier alpha value is -2.36. The molecule has 1 saturated carbocycles. The first-order valence-electron chi connectivity index (χ1n) is 12.2. The van der Waals surface area contributed by atoms with E-state index in [1.165, 1.54) is 23.8 Å². The lowest BCUT2D eigenvalue weighted by Crippen LogP contribution is -2.47. The molecule has 3 aromatic rings. The highest BCUT2D eigenvalue weighted by molar-refractivity contribution is 7.15. The van der Waals surface area contributed by atoms with Crippen molar-refractivity contribution < 1.29 is 18.4 Å². The van der Waals surface area contributed by atoms with Gasteiger partial charge in [-0.3, -0.25) is 9.69 Å². The molecule has 1 N–H and O–H groups in total. The van der Waals surface area contributed by atoms with Crippen LogP contribution in [0.5, 0.6) is 5.06 Å². The van der Waals surface area contributed by atoms with Crippen LogP contribution in [0.2, 0.25) is 5.02 Å². The van der Waals surface area contributed by atoms with E-state index in [1.54, 1.807) is 13.2 Å². The van der Waals surface area contributed by atoms with Crippen LogP contribution in [0, 0.1) is 11.7 Å². The van der Waals surface area contributed by atoms with Crippen molar-refractivity contribution in [1.82, 2.24) is 15.4 Å². The third kappa shape index (κ3) is 5.57. The van der Waals surface area contributed by atoms with Gasteiger partial charge in [0, 0.05) is 38.3 Å². The number of rotatable bonds is 7. The van der Waals surface area contributed by atoms with E-state index in [0.29, 0.717) is 16.4 Å². The number of aromatic nitrogens is 1. The van der Waals surface area contributed by atoms with Crippen molar-refractivity contribution >= 4 is 45.6 Å². The fraction of sp³-hybridized carbons (Fsp3) is 0.520. The molecule has 5 rings (SSSR count). The molecule has 0 unspecified atom stereocenters. The molecule has 0 radical (unpaired) electrons. The number of anilines is 1. The predicted octanol–water partition coefficient (Wildman–Crippen LogP) is 5.19. The van der Waals surface area contributed by atoms with Crippen molar-refractivity contribution in [1.29, 1.82) is 0 Å². The lowest BCUT2D eigenvalue weighted by molar-refractivity contribution is 0.0924. The van der Waals surface area contributed by atoms with Crippen LogP contribution in [0.25, 0.3) is 11.0 Å². The first-order chi connectivity index (χ1) is 17.0. The third-order valence-corrected chi connectivity index (χ3v) is 8.54. The molecule has 188 valence electrons. The summed E-state index contributed by atoms with van der Waals surface area (Å²) >= 11 is 7.35. The number of halogens is 2. The van der Waals surface area contributed by atoms with Gasteiger partial charge in [0.05, 0.1) is 22.4 Å². The Labute approximate surface area is 213 Å². The Morgan fingerprint density at radius 3 is 2.71 bits per heavy atom. The number of ether oxygens (including phenoxy) is 1. The summed E-state index contributed by atoms with van der Waals surface area (Å²) in [6, 6.07) is 6.81. The summed E-state index contributed by atoms with van der Waals surface area (Å²) in [5.41, 5.74) is 0.422. The van der Waals surface area contributed by atoms with E-state index < -0.39 is 5.82 Å². The minimum Gasteiger partial charge on any atom is -0.487 e. The van der Waals surface area contributed by atoms with E-state index in [9.17, 15) is 9.18 Å². The summed E-state index contributed by atoms with van der Waals surface area (Å²) in [6.07, 6.45) is 5.57. The van der Waals surface area contributed by atoms with Crippen molar-refractivity contribution in [3.8, 4) is 5.06 Å². The Balaban J connectivity index is 1.04. The molecule has 1 aromatic carbocycles. The standard InChI is InChI=1S/C25H30ClFN4O3S/c1-33-23-7-6-22(35-23)25(32)28-17-4-2-16(3-5-17)8-9-30-10-12-31(13-11-30)24-18-14-19(26)20(27)15-21(18)34-29-24/h6-7,14-17H,2-5,8-13H2,1H3,(H,28,32). The first kappa shape index (κ1) is 24.3. The summed E-state index contributed by atoms with van der Waals surface area (Å²) in [7, 11) is 1.62. The lowest BCUT2D eigenvalue weighted by atomic mass is 9.84. The van der Waals surface area contributed by atoms with E-state index in [-0.39, 0.29) is 17.0 Å². The van der Waals surface area contributed by atoms with Crippen LogP contribution in [0.4, 0.5) is 10.2 Å². The number of carbonyl (C=O) groups is 1. The summed E-state index contributed by atoms with van der Waals surface area (Å²) in [5, 5.41) is 8.96. The van der Waals surface area contributed by atoms with Gasteiger partial charge in [-0.1, -0.05) is 28.1 Å². The lowest BCUT2D eigenvalue weighted by Gasteiger charge is -2.36. The number of nitrogens with one attached hydrogen (secondary N) is 1. The molecule has 35 heavy (non-hydrogen) atoms. The second-order valence-corrected chi connectivity index (χ2v) is 10.9. The van der Waals surface area contributed by atoms with Gasteiger partial charge in [0.25, 0.3) is 5.91 Å². The fourth-order valence-corrected chi connectivity index (χ4v) is 5.99. The molecule has 1 aliphatic heterocycles. The zero-order chi connectivity index (χ0) is 24.4. The number of benzene rings is 1. The van der Waals surface area contributed by atoms with Gasteiger partial charge in [-0.15, -0.1) is 0 Å². The second-order valence-electron chi connectivity index (χ2n) is 9.40. The van der Waals surface area contributed by atoms with Crippen molar-refractivity contribution in [3.63, 3.8) is 0 Å². The van der Waals surface area contributed by atoms with Crippen LogP contribution in [0.15, 0.2) is 28.8 Å². The third-order valence-electron chi connectivity index (χ3n) is 7.21. The zero-order valence-electron chi connectivity index (χ0n) is 19.8. The van der Waals surface area contributed by atoms with Crippen molar-refractivity contribution in [2.24, 2.45) is 5.92 Å². The quantitative estimate of drug-likeness (QED) is 0.462. The Morgan fingerprint density at radius 1 is 1.23 bits per heavy atom. The smallest absolute Gasteiger partial charge is 0.261 e. The number of hydrogen-bond acceptors (Lipinski definition) is 7. The average Bonchev–Trinajstić information content (AvgIpc) is 3.52. The molecule has 1 aliphatic carbocycles. The highest BCUT2D eigenvalue weighted by Crippen LogP contribution is 2.32. The van der Waals surface area contributed by atoms with E-state index in [4.69, 9.17) is 20.9 Å². The van der Waals surface area contributed by atoms with Crippen molar-refractivity contribution in [2.75, 3.05) is 44.7 Å². The van der Waals surface area contributed by atoms with Gasteiger partial charge in [0.1, 0.15) is 5.82 Å². The number of fused-ring (bicyclic) bond motifs is 1. The maximum Gasteiger partial charge on any atom is 0.261 e. The number of methoxy groups -OCH3 is 1. The Kier molecular flexibility index (Phi) is 7.45. The van der Waals surface area contributed by atoms with Gasteiger partial charge in [-0.2, -0.15) is 0 Å². The van der Waals surface area contributed by atoms with Crippen molar-refractivity contribution in [3.05, 3.63) is 40.0 Å². The Morgan fingerprint density at radius 2 is 2.00 bits per heavy atom. The number of amides is 1. The van der Waals surface area contributed by atoms with Gasteiger partial charge >= 0.3 is 0 Å². The topological polar surface area (TPSA) is 70.8 Å². The molecule has 7 nitrogen and oxygen atoms in total. The number of thiophene rings is 1. The highest BCUT2D eigenvalue weighted by atomic mass is 35.5. The summed E-state index contributed by atoms with van der Waals surface area (Å²) < 4.78 is 24.2. The molecule has 0 bridgehead atoms. The van der Waals surface area contributed by atoms with Crippen LogP contribution in [-0.4, -0.2) is 61.8 Å². The molecule has 1 amide bonds. The minimum absolute atomic E-state index is 0.00641. The van der Waals surface area contributed by atoms with E-state index in [0.717, 1.165) is 74.7 Å². The molecular formula is C25H30ClFN4O3S. The van der Waals surface area contributed by atoms with Crippen LogP contribution < -0.4 is 15.0 Å². The molecule has 1 saturated heterocycles. The van der Waals surface area contributed by atoms with Crippen molar-refractivity contribution in [2.45, 2.75) is 38.1 Å². The van der Waals surface area contributed by atoms with Crippen LogP contribution in [0.3, 0.4) is 0 Å². The molecule has 10 heteroatoms. The van der Waals surface area contributed by atoms with Gasteiger partial charge in [-0.05, 0) is 62.8 Å². The summed E-state index contributed by atoms with van der Waals surface area (Å²) in [5.74, 6) is 0.959.